The molecule has 8 aromatic rings. The van der Waals surface area contributed by atoms with E-state index in [1.807, 2.05) is 48.9 Å². The van der Waals surface area contributed by atoms with Crippen molar-refractivity contribution < 1.29 is 8.83 Å². The van der Waals surface area contributed by atoms with Gasteiger partial charge < -0.3 is 8.83 Å². The summed E-state index contributed by atoms with van der Waals surface area (Å²) in [6.45, 7) is 0. The molecule has 0 aliphatic heterocycles. The summed E-state index contributed by atoms with van der Waals surface area (Å²) in [7, 11) is 0. The van der Waals surface area contributed by atoms with Gasteiger partial charge in [0.25, 0.3) is 0 Å². The van der Waals surface area contributed by atoms with E-state index in [-0.39, 0.29) is 0 Å². The number of nitrogens with zero attached hydrogens (tertiary/aromatic N) is 3. The highest BCUT2D eigenvalue weighted by Crippen LogP contribution is 2.39. The number of para-hydroxylation sites is 1. The highest BCUT2D eigenvalue weighted by atomic mass is 16.3. The van der Waals surface area contributed by atoms with Gasteiger partial charge in [-0.05, 0) is 30.3 Å². The SMILES string of the molecule is c1ccc2c(c1)oc1cc3oc4cc5c6cccnc6c6nccn6c5cc4c3cc12. The molecule has 0 saturated carbocycles. The Bertz CT molecular complexity index is 2010. The predicted molar refractivity (Wildman–Crippen MR) is 123 cm³/mol. The molecule has 0 radical (unpaired) electrons. The normalized spacial score (nSPS) is 12.5. The number of imidazole rings is 1. The fourth-order valence-corrected chi connectivity index (χ4v) is 4.92. The third-order valence-corrected chi connectivity index (χ3v) is 6.30. The van der Waals surface area contributed by atoms with Crippen LogP contribution in [0.1, 0.15) is 0 Å². The van der Waals surface area contributed by atoms with E-state index in [1.54, 1.807) is 0 Å². The molecule has 144 valence electrons. The maximum absolute atomic E-state index is 6.30. The Balaban J connectivity index is 1.59. The first kappa shape index (κ1) is 15.5. The van der Waals surface area contributed by atoms with Gasteiger partial charge in [-0.1, -0.05) is 24.3 Å². The van der Waals surface area contributed by atoms with Gasteiger partial charge in [-0.3, -0.25) is 9.38 Å². The number of hydrogen-bond donors (Lipinski definition) is 0. The van der Waals surface area contributed by atoms with Gasteiger partial charge in [0.05, 0.1) is 5.52 Å². The van der Waals surface area contributed by atoms with Crippen LogP contribution in [0.4, 0.5) is 0 Å². The molecule has 5 nitrogen and oxygen atoms in total. The van der Waals surface area contributed by atoms with Gasteiger partial charge in [-0.2, -0.15) is 0 Å². The highest BCUT2D eigenvalue weighted by Gasteiger charge is 2.16. The summed E-state index contributed by atoms with van der Waals surface area (Å²) in [5.41, 5.74) is 6.23. The number of rotatable bonds is 0. The quantitative estimate of drug-likeness (QED) is 0.262. The summed E-state index contributed by atoms with van der Waals surface area (Å²) in [4.78, 5) is 9.15. The van der Waals surface area contributed by atoms with E-state index in [2.05, 4.69) is 44.7 Å². The smallest absolute Gasteiger partial charge is 0.163 e. The maximum atomic E-state index is 6.30. The van der Waals surface area contributed by atoms with E-state index in [4.69, 9.17) is 8.83 Å². The average molecular weight is 399 g/mol. The Morgan fingerprint density at radius 1 is 0.581 bits per heavy atom. The minimum absolute atomic E-state index is 0.821. The highest BCUT2D eigenvalue weighted by molar-refractivity contribution is 6.19. The number of fused-ring (bicyclic) bond motifs is 12. The fraction of sp³-hybridized carbons (Fsp3) is 0. The predicted octanol–water partition coefficient (Wildman–Crippen LogP) is 6.83. The summed E-state index contributed by atoms with van der Waals surface area (Å²) < 4.78 is 14.5. The van der Waals surface area contributed by atoms with Gasteiger partial charge in [0.2, 0.25) is 0 Å². The van der Waals surface area contributed by atoms with Crippen molar-refractivity contribution >= 4 is 71.3 Å². The van der Waals surface area contributed by atoms with Gasteiger partial charge in [0.15, 0.2) is 5.65 Å². The largest absolute Gasteiger partial charge is 0.456 e. The van der Waals surface area contributed by atoms with Crippen molar-refractivity contribution in [3.05, 3.63) is 79.3 Å². The first-order chi connectivity index (χ1) is 15.3. The Hall–Kier alpha value is -4.38. The lowest BCUT2D eigenvalue weighted by Crippen LogP contribution is -1.92. The second kappa shape index (κ2) is 5.21. The summed E-state index contributed by atoms with van der Waals surface area (Å²) in [6, 6.07) is 20.7. The first-order valence-electron chi connectivity index (χ1n) is 10.2. The summed E-state index contributed by atoms with van der Waals surface area (Å²) >= 11 is 0. The third-order valence-electron chi connectivity index (χ3n) is 6.30. The lowest BCUT2D eigenvalue weighted by molar-refractivity contribution is 0.656. The van der Waals surface area contributed by atoms with Gasteiger partial charge >= 0.3 is 0 Å². The minimum Gasteiger partial charge on any atom is -0.456 e. The zero-order chi connectivity index (χ0) is 20.1. The van der Waals surface area contributed by atoms with E-state index in [9.17, 15) is 0 Å². The van der Waals surface area contributed by atoms with Crippen molar-refractivity contribution in [1.29, 1.82) is 0 Å². The number of hydrogen-bond acceptors (Lipinski definition) is 4. The number of pyridine rings is 2. The molecule has 5 heterocycles. The monoisotopic (exact) mass is 399 g/mol. The molecule has 31 heavy (non-hydrogen) atoms. The van der Waals surface area contributed by atoms with E-state index in [1.165, 1.54) is 0 Å². The van der Waals surface area contributed by atoms with Crippen molar-refractivity contribution in [1.82, 2.24) is 14.4 Å². The molecule has 0 fully saturated rings. The summed E-state index contributed by atoms with van der Waals surface area (Å²) in [6.07, 6.45) is 5.62. The van der Waals surface area contributed by atoms with E-state index < -0.39 is 0 Å². The summed E-state index contributed by atoms with van der Waals surface area (Å²) in [5, 5.41) is 6.53. The molecule has 3 aromatic carbocycles. The van der Waals surface area contributed by atoms with Crippen molar-refractivity contribution in [2.75, 3.05) is 0 Å². The van der Waals surface area contributed by atoms with Gasteiger partial charge in [-0.25, -0.2) is 4.98 Å². The molecule has 0 aliphatic rings. The van der Waals surface area contributed by atoms with Crippen molar-refractivity contribution in [2.45, 2.75) is 0 Å². The second-order valence-electron chi connectivity index (χ2n) is 7.93. The van der Waals surface area contributed by atoms with Crippen LogP contribution in [-0.4, -0.2) is 14.4 Å². The Morgan fingerprint density at radius 3 is 2.32 bits per heavy atom. The van der Waals surface area contributed by atoms with Crippen LogP contribution in [0, 0.1) is 0 Å². The van der Waals surface area contributed by atoms with Crippen molar-refractivity contribution in [2.24, 2.45) is 0 Å². The lowest BCUT2D eigenvalue weighted by Gasteiger charge is -2.07. The molecule has 0 amide bonds. The molecular weight excluding hydrogens is 386 g/mol. The zero-order valence-electron chi connectivity index (χ0n) is 16.2. The van der Waals surface area contributed by atoms with E-state index in [0.717, 1.165) is 71.3 Å². The molecule has 0 atom stereocenters. The number of benzene rings is 3. The van der Waals surface area contributed by atoms with Crippen LogP contribution in [-0.2, 0) is 0 Å². The summed E-state index contributed by atoms with van der Waals surface area (Å²) in [5.74, 6) is 0. The molecule has 0 unspecified atom stereocenters. The van der Waals surface area contributed by atoms with Crippen LogP contribution in [0.15, 0.2) is 88.1 Å². The van der Waals surface area contributed by atoms with Crippen molar-refractivity contribution in [3.63, 3.8) is 0 Å². The zero-order valence-corrected chi connectivity index (χ0v) is 16.2. The molecule has 5 heteroatoms. The van der Waals surface area contributed by atoms with Gasteiger partial charge in [0, 0.05) is 57.0 Å². The average Bonchev–Trinajstić information content (AvgIpc) is 3.51. The maximum Gasteiger partial charge on any atom is 0.163 e. The molecule has 0 bridgehead atoms. The Labute approximate surface area is 174 Å². The molecule has 0 saturated heterocycles. The molecule has 5 aromatic heterocycles. The fourth-order valence-electron chi connectivity index (χ4n) is 4.92. The second-order valence-corrected chi connectivity index (χ2v) is 7.93. The molecule has 0 aliphatic carbocycles. The Morgan fingerprint density at radius 2 is 1.35 bits per heavy atom. The van der Waals surface area contributed by atoms with Crippen LogP contribution in [0.2, 0.25) is 0 Å². The van der Waals surface area contributed by atoms with Gasteiger partial charge in [-0.15, -0.1) is 0 Å². The van der Waals surface area contributed by atoms with Crippen LogP contribution in [0.5, 0.6) is 0 Å². The standard InChI is InChI=1S/C26H13N3O2/c1-2-6-21-14(4-1)17-10-18-19-11-20-16(12-22(19)31-24(18)13-23(17)30-21)15-5-3-7-27-25(15)26-28-8-9-29(20)26/h1-13H. The molecule has 0 spiro atoms. The lowest BCUT2D eigenvalue weighted by atomic mass is 10.0. The van der Waals surface area contributed by atoms with Crippen LogP contribution >= 0.6 is 0 Å². The molecule has 8 rings (SSSR count). The van der Waals surface area contributed by atoms with Crippen LogP contribution in [0.25, 0.3) is 71.3 Å². The minimum atomic E-state index is 0.821. The number of furan rings is 2. The van der Waals surface area contributed by atoms with E-state index in [0.29, 0.717) is 0 Å². The molecule has 0 N–H and O–H groups in total. The molecular formula is C26H13N3O2. The number of aromatic nitrogens is 3. The van der Waals surface area contributed by atoms with E-state index >= 15 is 0 Å². The van der Waals surface area contributed by atoms with Crippen LogP contribution in [0.3, 0.4) is 0 Å². The van der Waals surface area contributed by atoms with Gasteiger partial charge in [0.1, 0.15) is 27.8 Å². The van der Waals surface area contributed by atoms with Crippen LogP contribution < -0.4 is 0 Å². The van der Waals surface area contributed by atoms with Crippen molar-refractivity contribution in [3.8, 4) is 0 Å². The Kier molecular flexibility index (Phi) is 2.60. The first-order valence-corrected chi connectivity index (χ1v) is 10.2. The third kappa shape index (κ3) is 1.86. The topological polar surface area (TPSA) is 56.5 Å².